The Hall–Kier alpha value is -1.20. The summed E-state index contributed by atoms with van der Waals surface area (Å²) in [5.74, 6) is 0.203. The summed E-state index contributed by atoms with van der Waals surface area (Å²) in [6.45, 7) is 3.19. The van der Waals surface area contributed by atoms with Crippen molar-refractivity contribution in [1.82, 2.24) is 4.90 Å². The number of benzene rings is 1. The summed E-state index contributed by atoms with van der Waals surface area (Å²) in [5, 5.41) is 0.120. The van der Waals surface area contributed by atoms with Crippen molar-refractivity contribution in [3.8, 4) is 0 Å². The Morgan fingerprint density at radius 3 is 2.50 bits per heavy atom. The highest BCUT2D eigenvalue weighted by atomic mass is 32.2. The quantitative estimate of drug-likeness (QED) is 0.834. The van der Waals surface area contributed by atoms with Gasteiger partial charge in [-0.25, -0.2) is 0 Å². The number of thioether (sulfide) groups is 1. The molecule has 0 unspecified atom stereocenters. The van der Waals surface area contributed by atoms with E-state index in [1.54, 1.807) is 18.9 Å². The second-order valence-corrected chi connectivity index (χ2v) is 6.57. The third-order valence-electron chi connectivity index (χ3n) is 3.48. The maximum atomic E-state index is 12.2. The van der Waals surface area contributed by atoms with Crippen molar-refractivity contribution >= 4 is 23.4 Å². The van der Waals surface area contributed by atoms with Crippen molar-refractivity contribution in [2.75, 3.05) is 39.3 Å². The van der Waals surface area contributed by atoms with Gasteiger partial charge >= 0.3 is 0 Å². The van der Waals surface area contributed by atoms with Gasteiger partial charge in [-0.15, -0.1) is 11.8 Å². The Morgan fingerprint density at radius 1 is 1.30 bits per heavy atom. The van der Waals surface area contributed by atoms with Gasteiger partial charge in [0.25, 0.3) is 0 Å². The molecule has 1 fully saturated rings. The summed E-state index contributed by atoms with van der Waals surface area (Å²) in [4.78, 5) is 16.2. The van der Waals surface area contributed by atoms with Gasteiger partial charge in [0, 0.05) is 33.4 Å². The largest absolute Gasteiger partial charge is 0.383 e. The van der Waals surface area contributed by atoms with E-state index in [-0.39, 0.29) is 16.5 Å². The van der Waals surface area contributed by atoms with Gasteiger partial charge in [0.1, 0.15) is 5.37 Å². The molecule has 5 heteroatoms. The maximum Gasteiger partial charge on any atom is 0.236 e. The number of rotatable bonds is 5. The van der Waals surface area contributed by atoms with Gasteiger partial charge in [-0.05, 0) is 24.6 Å². The predicted molar refractivity (Wildman–Crippen MR) is 84.2 cm³/mol. The number of nitrogens with zero attached hydrogens (tertiary/aromatic N) is 2. The van der Waals surface area contributed by atoms with Crippen molar-refractivity contribution < 1.29 is 9.53 Å². The van der Waals surface area contributed by atoms with Gasteiger partial charge in [0.05, 0.1) is 11.9 Å². The SMILES string of the molecule is COCCN1C(=O)[C@H](C)S[C@@H]1c1ccc(N(C)C)cc1. The van der Waals surface area contributed by atoms with E-state index in [1.165, 1.54) is 11.3 Å². The van der Waals surface area contributed by atoms with Crippen LogP contribution in [0.4, 0.5) is 5.69 Å². The van der Waals surface area contributed by atoms with Crippen LogP contribution in [-0.4, -0.2) is 50.4 Å². The van der Waals surface area contributed by atoms with Gasteiger partial charge in [-0.3, -0.25) is 4.79 Å². The molecule has 1 aromatic carbocycles. The van der Waals surface area contributed by atoms with Crippen molar-refractivity contribution in [3.05, 3.63) is 29.8 Å². The van der Waals surface area contributed by atoms with Crippen molar-refractivity contribution in [1.29, 1.82) is 0 Å². The molecule has 1 aliphatic rings. The number of anilines is 1. The highest BCUT2D eigenvalue weighted by Crippen LogP contribution is 2.42. The van der Waals surface area contributed by atoms with Crippen LogP contribution in [0.2, 0.25) is 0 Å². The lowest BCUT2D eigenvalue weighted by Gasteiger charge is -2.24. The first-order valence-corrected chi connectivity index (χ1v) is 7.71. The number of carbonyl (C=O) groups is 1. The van der Waals surface area contributed by atoms with E-state index in [2.05, 4.69) is 29.2 Å². The van der Waals surface area contributed by atoms with Gasteiger partial charge < -0.3 is 14.5 Å². The normalized spacial score (nSPS) is 22.4. The number of amides is 1. The molecule has 1 saturated heterocycles. The Kier molecular flexibility index (Phi) is 4.94. The summed E-state index contributed by atoms with van der Waals surface area (Å²) in [6, 6.07) is 8.41. The number of hydrogen-bond acceptors (Lipinski definition) is 4. The molecule has 1 aromatic rings. The van der Waals surface area contributed by atoms with Gasteiger partial charge in [0.15, 0.2) is 0 Å². The second-order valence-electron chi connectivity index (χ2n) is 5.14. The molecule has 0 spiro atoms. The summed E-state index contributed by atoms with van der Waals surface area (Å²) >= 11 is 1.71. The minimum atomic E-state index is 0.0189. The zero-order valence-electron chi connectivity index (χ0n) is 12.5. The van der Waals surface area contributed by atoms with Crippen LogP contribution in [0, 0.1) is 0 Å². The predicted octanol–water partition coefficient (Wildman–Crippen LogP) is 2.36. The zero-order chi connectivity index (χ0) is 14.7. The Balaban J connectivity index is 2.18. The van der Waals surface area contributed by atoms with E-state index < -0.39 is 0 Å². The maximum absolute atomic E-state index is 12.2. The Bertz CT molecular complexity index is 461. The van der Waals surface area contributed by atoms with Crippen LogP contribution in [0.5, 0.6) is 0 Å². The van der Waals surface area contributed by atoms with E-state index in [0.29, 0.717) is 13.2 Å². The first kappa shape index (κ1) is 15.2. The molecule has 0 aromatic heterocycles. The average molecular weight is 294 g/mol. The Morgan fingerprint density at radius 2 is 1.95 bits per heavy atom. The fourth-order valence-electron chi connectivity index (χ4n) is 2.29. The van der Waals surface area contributed by atoms with E-state index in [1.807, 2.05) is 25.9 Å². The zero-order valence-corrected chi connectivity index (χ0v) is 13.3. The molecule has 0 radical (unpaired) electrons. The summed E-state index contributed by atoms with van der Waals surface area (Å²) in [6.07, 6.45) is 0. The molecule has 4 nitrogen and oxygen atoms in total. The minimum Gasteiger partial charge on any atom is -0.383 e. The molecule has 110 valence electrons. The van der Waals surface area contributed by atoms with Gasteiger partial charge in [-0.2, -0.15) is 0 Å². The van der Waals surface area contributed by atoms with Crippen LogP contribution < -0.4 is 4.90 Å². The first-order chi connectivity index (χ1) is 9.54. The molecule has 0 aliphatic carbocycles. The first-order valence-electron chi connectivity index (χ1n) is 6.76. The molecular weight excluding hydrogens is 272 g/mol. The molecular formula is C15H22N2O2S. The molecule has 0 saturated carbocycles. The van der Waals surface area contributed by atoms with Gasteiger partial charge in [-0.1, -0.05) is 12.1 Å². The lowest BCUT2D eigenvalue weighted by Crippen LogP contribution is -2.33. The van der Waals surface area contributed by atoms with E-state index >= 15 is 0 Å². The fourth-order valence-corrected chi connectivity index (χ4v) is 3.60. The molecule has 1 heterocycles. The highest BCUT2D eigenvalue weighted by molar-refractivity contribution is 8.01. The minimum absolute atomic E-state index is 0.0189. The molecule has 2 atom stereocenters. The summed E-state index contributed by atoms with van der Waals surface area (Å²) in [5.41, 5.74) is 2.34. The smallest absolute Gasteiger partial charge is 0.236 e. The third-order valence-corrected chi connectivity index (χ3v) is 4.87. The van der Waals surface area contributed by atoms with Crippen LogP contribution in [0.15, 0.2) is 24.3 Å². The van der Waals surface area contributed by atoms with E-state index in [0.717, 1.165) is 0 Å². The highest BCUT2D eigenvalue weighted by Gasteiger charge is 2.37. The lowest BCUT2D eigenvalue weighted by atomic mass is 10.1. The molecule has 0 bridgehead atoms. The lowest BCUT2D eigenvalue weighted by molar-refractivity contribution is -0.130. The number of ether oxygens (including phenoxy) is 1. The van der Waals surface area contributed by atoms with Gasteiger partial charge in [0.2, 0.25) is 5.91 Å². The molecule has 1 amide bonds. The third kappa shape index (κ3) is 3.10. The fraction of sp³-hybridized carbons (Fsp3) is 0.533. The molecule has 0 N–H and O–H groups in total. The molecule has 20 heavy (non-hydrogen) atoms. The van der Waals surface area contributed by atoms with E-state index in [9.17, 15) is 4.79 Å². The van der Waals surface area contributed by atoms with Crippen LogP contribution in [0.3, 0.4) is 0 Å². The van der Waals surface area contributed by atoms with Crippen molar-refractivity contribution in [2.24, 2.45) is 0 Å². The average Bonchev–Trinajstić information content (AvgIpc) is 2.72. The van der Waals surface area contributed by atoms with Crippen molar-refractivity contribution in [3.63, 3.8) is 0 Å². The standard InChI is InChI=1S/C15H22N2O2S/c1-11-14(18)17(9-10-19-4)15(20-11)12-5-7-13(8-6-12)16(2)3/h5-8,11,15H,9-10H2,1-4H3/t11-,15+/m0/s1. The molecule has 2 rings (SSSR count). The number of methoxy groups -OCH3 is 1. The van der Waals surface area contributed by atoms with E-state index in [4.69, 9.17) is 4.74 Å². The van der Waals surface area contributed by atoms with Crippen molar-refractivity contribution in [2.45, 2.75) is 17.5 Å². The summed E-state index contributed by atoms with van der Waals surface area (Å²) in [7, 11) is 5.71. The Labute approximate surface area is 125 Å². The van der Waals surface area contributed by atoms with Crippen LogP contribution in [0.1, 0.15) is 17.9 Å². The second kappa shape index (κ2) is 6.50. The summed E-state index contributed by atoms with van der Waals surface area (Å²) < 4.78 is 5.11. The van der Waals surface area contributed by atoms with Crippen LogP contribution in [-0.2, 0) is 9.53 Å². The number of carbonyl (C=O) groups excluding carboxylic acids is 1. The topological polar surface area (TPSA) is 32.8 Å². The number of hydrogen-bond donors (Lipinski definition) is 0. The van der Waals surface area contributed by atoms with Crippen LogP contribution in [0.25, 0.3) is 0 Å². The van der Waals surface area contributed by atoms with Crippen LogP contribution >= 0.6 is 11.8 Å². The monoisotopic (exact) mass is 294 g/mol. The molecule has 1 aliphatic heterocycles.